The zero-order valence-electron chi connectivity index (χ0n) is 20.5. The topological polar surface area (TPSA) is 191 Å². The van der Waals surface area contributed by atoms with Crippen LogP contribution in [0, 0.1) is 16.7 Å². The average Bonchev–Trinajstić information content (AvgIpc) is 3.10. The number of aliphatic carboxylic acids is 1. The van der Waals surface area contributed by atoms with Gasteiger partial charge in [-0.05, 0) is 54.7 Å². The Hall–Kier alpha value is -2.99. The summed E-state index contributed by atoms with van der Waals surface area (Å²) in [5, 5.41) is 9.67. The van der Waals surface area contributed by atoms with Crippen LogP contribution in [0.5, 0.6) is 5.75 Å². The van der Waals surface area contributed by atoms with Crippen LogP contribution in [-0.2, 0) is 30.8 Å². The summed E-state index contributed by atoms with van der Waals surface area (Å²) in [7, 11) is -4.04. The van der Waals surface area contributed by atoms with Gasteiger partial charge in [0.1, 0.15) is 17.6 Å². The number of rotatable bonds is 12. The second-order valence-corrected chi connectivity index (χ2v) is 11.9. The van der Waals surface area contributed by atoms with Gasteiger partial charge in [-0.15, -0.1) is 0 Å². The first-order chi connectivity index (χ1) is 16.8. The predicted molar refractivity (Wildman–Crippen MR) is 133 cm³/mol. The third kappa shape index (κ3) is 6.04. The normalized spacial score (nSPS) is 23.3. The Morgan fingerprint density at radius 3 is 2.44 bits per heavy atom. The fourth-order valence-electron chi connectivity index (χ4n) is 5.44. The third-order valence-electron chi connectivity index (χ3n) is 7.62. The molecule has 1 aromatic carbocycles. The number of carbonyl (C=O) groups is 3. The number of ketones is 1. The number of nitrogens with one attached hydrogen (secondary N) is 1. The van der Waals surface area contributed by atoms with Crippen LogP contribution in [0.4, 0.5) is 0 Å². The van der Waals surface area contributed by atoms with Crippen molar-refractivity contribution in [3.8, 4) is 5.75 Å². The molecular formula is C24H34N4O7S. The summed E-state index contributed by atoms with van der Waals surface area (Å²) in [6.45, 7) is 4.12. The Balaban J connectivity index is 1.57. The number of fused-ring (bicyclic) bond motifs is 2. The van der Waals surface area contributed by atoms with E-state index < -0.39 is 44.5 Å². The van der Waals surface area contributed by atoms with Gasteiger partial charge in [-0.1, -0.05) is 26.0 Å². The highest BCUT2D eigenvalue weighted by molar-refractivity contribution is 7.89. The van der Waals surface area contributed by atoms with E-state index in [1.807, 2.05) is 13.8 Å². The number of ether oxygens (including phenoxy) is 1. The lowest BCUT2D eigenvalue weighted by Gasteiger charge is -2.36. The molecule has 2 fully saturated rings. The molecule has 11 nitrogen and oxygen atoms in total. The Morgan fingerprint density at radius 1 is 1.25 bits per heavy atom. The SMILES string of the molecule is CC1(C)C2CC[C@@]1(CS(=O)(=O)N[C@@H](Cc1ccc(OCCCC(=O)N=C(N)N)cc1)C(=O)O)C(=O)C2. The molecule has 198 valence electrons. The third-order valence-corrected chi connectivity index (χ3v) is 9.13. The second-order valence-electron chi connectivity index (χ2n) is 10.2. The summed E-state index contributed by atoms with van der Waals surface area (Å²) in [6, 6.07) is 5.19. The van der Waals surface area contributed by atoms with E-state index in [2.05, 4.69) is 9.71 Å². The zero-order valence-corrected chi connectivity index (χ0v) is 21.3. The lowest BCUT2D eigenvalue weighted by atomic mass is 9.70. The molecule has 1 aromatic rings. The van der Waals surface area contributed by atoms with Gasteiger partial charge in [0.05, 0.1) is 12.4 Å². The van der Waals surface area contributed by atoms with Crippen molar-refractivity contribution in [2.45, 2.75) is 58.4 Å². The maximum atomic E-state index is 13.0. The molecule has 3 rings (SSSR count). The fourth-order valence-corrected chi connectivity index (χ4v) is 7.47. The molecule has 2 aliphatic carbocycles. The number of nitrogens with zero attached hydrogens (tertiary/aromatic N) is 1. The molecule has 6 N–H and O–H groups in total. The molecule has 0 radical (unpaired) electrons. The molecule has 0 saturated heterocycles. The van der Waals surface area contributed by atoms with Crippen molar-refractivity contribution in [1.29, 1.82) is 0 Å². The first-order valence-corrected chi connectivity index (χ1v) is 13.5. The highest BCUT2D eigenvalue weighted by Crippen LogP contribution is 2.64. The summed E-state index contributed by atoms with van der Waals surface area (Å²) in [4.78, 5) is 39.4. The fraction of sp³-hybridized carbons (Fsp3) is 0.583. The number of aliphatic imine (C=N–C) groups is 1. The highest BCUT2D eigenvalue weighted by atomic mass is 32.2. The standard InChI is InChI=1S/C24H34N4O7S/c1-23(2)16-9-10-24(23,19(29)13-16)14-36(33,34)28-18(21(31)32)12-15-5-7-17(8-6-15)35-11-3-4-20(30)27-22(25)26/h5-8,16,18,28H,3-4,9-14H2,1-2H3,(H,31,32)(H4,25,26,27,30)/t16?,18-,24+/m0/s1. The lowest BCUT2D eigenvalue weighted by Crippen LogP contribution is -2.49. The van der Waals surface area contributed by atoms with Crippen molar-refractivity contribution in [2.24, 2.45) is 33.2 Å². The lowest BCUT2D eigenvalue weighted by molar-refractivity contribution is -0.139. The number of guanidine groups is 1. The van der Waals surface area contributed by atoms with E-state index in [0.717, 1.165) is 6.42 Å². The first-order valence-electron chi connectivity index (χ1n) is 11.9. The van der Waals surface area contributed by atoms with E-state index in [1.54, 1.807) is 24.3 Å². The molecular weight excluding hydrogens is 488 g/mol. The van der Waals surface area contributed by atoms with Crippen LogP contribution in [0.25, 0.3) is 0 Å². The van der Waals surface area contributed by atoms with E-state index >= 15 is 0 Å². The van der Waals surface area contributed by atoms with Crippen molar-refractivity contribution >= 4 is 33.6 Å². The van der Waals surface area contributed by atoms with Crippen LogP contribution >= 0.6 is 0 Å². The molecule has 2 bridgehead atoms. The molecule has 0 aromatic heterocycles. The van der Waals surface area contributed by atoms with Gasteiger partial charge in [-0.25, -0.2) is 13.1 Å². The number of Topliss-reactive ketones (excluding diaryl/α,β-unsaturated/α-hetero) is 1. The van der Waals surface area contributed by atoms with Crippen molar-refractivity contribution < 1.29 is 32.6 Å². The van der Waals surface area contributed by atoms with Crippen LogP contribution in [-0.4, -0.2) is 55.5 Å². The largest absolute Gasteiger partial charge is 0.494 e. The van der Waals surface area contributed by atoms with E-state index in [1.165, 1.54) is 0 Å². The monoisotopic (exact) mass is 522 g/mol. The summed E-state index contributed by atoms with van der Waals surface area (Å²) in [5.74, 6) is -1.80. The Kier molecular flexibility index (Phi) is 8.09. The minimum absolute atomic E-state index is 0.0443. The summed E-state index contributed by atoms with van der Waals surface area (Å²) >= 11 is 0. The molecule has 3 atom stereocenters. The maximum Gasteiger partial charge on any atom is 0.322 e. The smallest absolute Gasteiger partial charge is 0.322 e. The van der Waals surface area contributed by atoms with Gasteiger partial charge in [0.25, 0.3) is 0 Å². The van der Waals surface area contributed by atoms with Gasteiger partial charge in [0.2, 0.25) is 15.9 Å². The predicted octanol–water partition coefficient (Wildman–Crippen LogP) is 0.956. The molecule has 0 spiro atoms. The van der Waals surface area contributed by atoms with Crippen LogP contribution in [0.15, 0.2) is 29.3 Å². The number of sulfonamides is 1. The molecule has 0 aliphatic heterocycles. The molecule has 12 heteroatoms. The Morgan fingerprint density at radius 2 is 1.92 bits per heavy atom. The Bertz CT molecular complexity index is 1140. The highest BCUT2D eigenvalue weighted by Gasteiger charge is 2.65. The molecule has 1 unspecified atom stereocenters. The quantitative estimate of drug-likeness (QED) is 0.176. The maximum absolute atomic E-state index is 13.0. The average molecular weight is 523 g/mol. The van der Waals surface area contributed by atoms with Gasteiger partial charge in [-0.3, -0.25) is 14.4 Å². The van der Waals surface area contributed by atoms with E-state index in [9.17, 15) is 27.9 Å². The minimum atomic E-state index is -4.04. The van der Waals surface area contributed by atoms with Gasteiger partial charge < -0.3 is 21.3 Å². The molecule has 2 saturated carbocycles. The number of hydrogen-bond acceptors (Lipinski definition) is 6. The summed E-state index contributed by atoms with van der Waals surface area (Å²) in [5.41, 5.74) is 9.47. The number of carbonyl (C=O) groups excluding carboxylic acids is 2. The molecule has 1 amide bonds. The van der Waals surface area contributed by atoms with Crippen molar-refractivity contribution in [3.63, 3.8) is 0 Å². The van der Waals surface area contributed by atoms with Crippen molar-refractivity contribution in [2.75, 3.05) is 12.4 Å². The van der Waals surface area contributed by atoms with Crippen molar-refractivity contribution in [1.82, 2.24) is 4.72 Å². The minimum Gasteiger partial charge on any atom is -0.494 e. The first kappa shape index (κ1) is 27.6. The molecule has 0 heterocycles. The second kappa shape index (κ2) is 10.6. The number of amides is 1. The number of nitrogens with two attached hydrogens (primary N) is 2. The molecule has 36 heavy (non-hydrogen) atoms. The van der Waals surface area contributed by atoms with E-state index in [0.29, 0.717) is 30.6 Å². The van der Waals surface area contributed by atoms with Crippen LogP contribution in [0.3, 0.4) is 0 Å². The zero-order chi connectivity index (χ0) is 26.7. The van der Waals surface area contributed by atoms with Crippen LogP contribution < -0.4 is 20.9 Å². The number of benzene rings is 1. The van der Waals surface area contributed by atoms with Crippen LogP contribution in [0.1, 0.15) is 51.5 Å². The number of carboxylic acids is 1. The van der Waals surface area contributed by atoms with E-state index in [4.69, 9.17) is 16.2 Å². The van der Waals surface area contributed by atoms with Crippen LogP contribution in [0.2, 0.25) is 0 Å². The van der Waals surface area contributed by atoms with Gasteiger partial charge in [0, 0.05) is 18.3 Å². The molecule has 2 aliphatic rings. The van der Waals surface area contributed by atoms with Gasteiger partial charge >= 0.3 is 5.97 Å². The summed E-state index contributed by atoms with van der Waals surface area (Å²) in [6.07, 6.45) is 2.15. The van der Waals surface area contributed by atoms with Gasteiger partial charge in [-0.2, -0.15) is 4.99 Å². The van der Waals surface area contributed by atoms with Crippen molar-refractivity contribution in [3.05, 3.63) is 29.8 Å². The van der Waals surface area contributed by atoms with E-state index in [-0.39, 0.29) is 37.1 Å². The van der Waals surface area contributed by atoms with Gasteiger partial charge in [0.15, 0.2) is 5.96 Å². The Labute approximate surface area is 210 Å². The number of carboxylic acid groups (broad SMARTS) is 1. The summed E-state index contributed by atoms with van der Waals surface area (Å²) < 4.78 is 33.9. The number of hydrogen-bond donors (Lipinski definition) is 4.